The van der Waals surface area contributed by atoms with Crippen molar-refractivity contribution >= 4 is 9.84 Å². The lowest BCUT2D eigenvalue weighted by Crippen LogP contribution is -2.30. The Kier molecular flexibility index (Phi) is 7.13. The van der Waals surface area contributed by atoms with Crippen molar-refractivity contribution in [3.05, 3.63) is 0 Å². The summed E-state index contributed by atoms with van der Waals surface area (Å²) in [6.07, 6.45) is 1.61. The van der Waals surface area contributed by atoms with E-state index in [2.05, 4.69) is 0 Å². The molecule has 0 aliphatic carbocycles. The summed E-state index contributed by atoms with van der Waals surface area (Å²) in [5, 5.41) is 0. The monoisotopic (exact) mass is 236 g/mol. The summed E-state index contributed by atoms with van der Waals surface area (Å²) in [5.74, 6) is 0.560. The number of nitrogens with two attached hydrogens (primary N) is 1. The summed E-state index contributed by atoms with van der Waals surface area (Å²) >= 11 is 0. The summed E-state index contributed by atoms with van der Waals surface area (Å²) in [5.41, 5.74) is 5.63. The third-order valence-corrected chi connectivity index (χ3v) is 4.10. The highest BCUT2D eigenvalue weighted by Gasteiger charge is 2.10. The van der Waals surface area contributed by atoms with Gasteiger partial charge in [0.1, 0.15) is 0 Å². The van der Waals surface area contributed by atoms with Crippen LogP contribution in [-0.2, 0) is 9.84 Å². The van der Waals surface area contributed by atoms with Gasteiger partial charge in [-0.3, -0.25) is 0 Å². The topological polar surface area (TPSA) is 63.4 Å². The molecule has 0 fully saturated rings. The van der Waals surface area contributed by atoms with Crippen LogP contribution in [0.25, 0.3) is 0 Å². The molecule has 5 heteroatoms. The van der Waals surface area contributed by atoms with Crippen LogP contribution in [0.4, 0.5) is 0 Å². The fourth-order valence-corrected chi connectivity index (χ4v) is 2.66. The highest BCUT2D eigenvalue weighted by molar-refractivity contribution is 7.91. The van der Waals surface area contributed by atoms with E-state index in [0.717, 1.165) is 13.0 Å². The molecule has 0 spiro atoms. The molecule has 0 saturated heterocycles. The minimum atomic E-state index is -2.84. The maximum atomic E-state index is 11.4. The van der Waals surface area contributed by atoms with Gasteiger partial charge in [-0.25, -0.2) is 8.42 Å². The van der Waals surface area contributed by atoms with Gasteiger partial charge in [-0.1, -0.05) is 6.92 Å². The fraction of sp³-hybridized carbons (Fsp3) is 1.00. The molecule has 0 aliphatic heterocycles. The molecule has 0 aromatic heterocycles. The molecular formula is C10H24N2O2S. The first-order chi connectivity index (χ1) is 6.87. The average Bonchev–Trinajstić information content (AvgIpc) is 2.11. The molecule has 0 rings (SSSR count). The van der Waals surface area contributed by atoms with Gasteiger partial charge in [0, 0.05) is 18.3 Å². The smallest absolute Gasteiger partial charge is 0.151 e. The van der Waals surface area contributed by atoms with Crippen LogP contribution in [0.2, 0.25) is 0 Å². The van der Waals surface area contributed by atoms with E-state index in [0.29, 0.717) is 18.7 Å². The third kappa shape index (κ3) is 8.84. The quantitative estimate of drug-likeness (QED) is 0.666. The minimum absolute atomic E-state index is 0.180. The van der Waals surface area contributed by atoms with Gasteiger partial charge in [0.25, 0.3) is 0 Å². The summed E-state index contributed by atoms with van der Waals surface area (Å²) in [6, 6.07) is 0.180. The Balaban J connectivity index is 3.75. The van der Waals surface area contributed by atoms with Crippen molar-refractivity contribution in [2.75, 3.05) is 31.6 Å². The first-order valence-corrected chi connectivity index (χ1v) is 7.34. The van der Waals surface area contributed by atoms with Gasteiger partial charge in [-0.15, -0.1) is 0 Å². The Bertz CT molecular complexity index is 250. The van der Waals surface area contributed by atoms with Crippen molar-refractivity contribution in [3.63, 3.8) is 0 Å². The van der Waals surface area contributed by atoms with E-state index in [1.165, 1.54) is 0 Å². The van der Waals surface area contributed by atoms with E-state index in [1.807, 2.05) is 25.8 Å². The number of rotatable bonds is 8. The van der Waals surface area contributed by atoms with Gasteiger partial charge < -0.3 is 10.6 Å². The molecule has 92 valence electrons. The standard InChI is InChI=1S/C10H24N2O2S/c1-4-8-15(13,14)9-7-12(3)6-5-10(2)11/h10H,4-9,11H2,1-3H3. The Morgan fingerprint density at radius 1 is 1.27 bits per heavy atom. The van der Waals surface area contributed by atoms with Crippen molar-refractivity contribution in [1.82, 2.24) is 4.90 Å². The molecule has 0 bridgehead atoms. The number of hydrogen-bond donors (Lipinski definition) is 1. The van der Waals surface area contributed by atoms with Crippen LogP contribution in [0, 0.1) is 0 Å². The van der Waals surface area contributed by atoms with Gasteiger partial charge in [-0.05, 0) is 33.4 Å². The van der Waals surface area contributed by atoms with Crippen molar-refractivity contribution in [2.24, 2.45) is 5.73 Å². The summed E-state index contributed by atoms with van der Waals surface area (Å²) in [4.78, 5) is 2.02. The van der Waals surface area contributed by atoms with Crippen LogP contribution in [0.5, 0.6) is 0 Å². The Morgan fingerprint density at radius 2 is 1.87 bits per heavy atom. The molecule has 0 aromatic carbocycles. The largest absolute Gasteiger partial charge is 0.328 e. The van der Waals surface area contributed by atoms with Crippen molar-refractivity contribution < 1.29 is 8.42 Å². The fourth-order valence-electron chi connectivity index (χ4n) is 1.24. The lowest BCUT2D eigenvalue weighted by atomic mass is 10.2. The van der Waals surface area contributed by atoms with Crippen molar-refractivity contribution in [3.8, 4) is 0 Å². The second kappa shape index (κ2) is 7.19. The summed E-state index contributed by atoms with van der Waals surface area (Å²) < 4.78 is 22.8. The number of nitrogens with zero attached hydrogens (tertiary/aromatic N) is 1. The molecule has 15 heavy (non-hydrogen) atoms. The van der Waals surface area contributed by atoms with Crippen LogP contribution in [0.15, 0.2) is 0 Å². The van der Waals surface area contributed by atoms with Crippen LogP contribution in [0.1, 0.15) is 26.7 Å². The van der Waals surface area contributed by atoms with Crippen LogP contribution in [0.3, 0.4) is 0 Å². The molecule has 1 unspecified atom stereocenters. The van der Waals surface area contributed by atoms with Gasteiger partial charge >= 0.3 is 0 Å². The van der Waals surface area contributed by atoms with Crippen LogP contribution in [-0.4, -0.2) is 51.0 Å². The van der Waals surface area contributed by atoms with Gasteiger partial charge in [-0.2, -0.15) is 0 Å². The molecule has 0 saturated carbocycles. The van der Waals surface area contributed by atoms with Crippen molar-refractivity contribution in [2.45, 2.75) is 32.7 Å². The van der Waals surface area contributed by atoms with Crippen molar-refractivity contribution in [1.29, 1.82) is 0 Å². The van der Waals surface area contributed by atoms with Gasteiger partial charge in [0.05, 0.1) is 5.75 Å². The van der Waals surface area contributed by atoms with E-state index < -0.39 is 9.84 Å². The highest BCUT2D eigenvalue weighted by atomic mass is 32.2. The molecule has 0 heterocycles. The molecule has 0 radical (unpaired) electrons. The zero-order valence-corrected chi connectivity index (χ0v) is 10.9. The molecular weight excluding hydrogens is 212 g/mol. The lowest BCUT2D eigenvalue weighted by Gasteiger charge is -2.17. The SMILES string of the molecule is CCCS(=O)(=O)CCN(C)CCC(C)N. The molecule has 0 amide bonds. The van der Waals surface area contributed by atoms with E-state index in [-0.39, 0.29) is 11.8 Å². The molecule has 1 atom stereocenters. The zero-order valence-electron chi connectivity index (χ0n) is 10.1. The first kappa shape index (κ1) is 14.9. The highest BCUT2D eigenvalue weighted by Crippen LogP contribution is 1.96. The van der Waals surface area contributed by atoms with Crippen LogP contribution < -0.4 is 5.73 Å². The second-order valence-corrected chi connectivity index (χ2v) is 6.52. The maximum Gasteiger partial charge on any atom is 0.151 e. The Morgan fingerprint density at radius 3 is 2.33 bits per heavy atom. The number of sulfone groups is 1. The molecule has 0 aromatic rings. The van der Waals surface area contributed by atoms with Crippen LogP contribution >= 0.6 is 0 Å². The van der Waals surface area contributed by atoms with E-state index >= 15 is 0 Å². The predicted octanol–water partition coefficient (Wildman–Crippen LogP) is 0.480. The maximum absolute atomic E-state index is 11.4. The third-order valence-electron chi connectivity index (χ3n) is 2.27. The normalized spacial score (nSPS) is 14.5. The molecule has 4 nitrogen and oxygen atoms in total. The van der Waals surface area contributed by atoms with E-state index in [9.17, 15) is 8.42 Å². The van der Waals surface area contributed by atoms with E-state index in [1.54, 1.807) is 0 Å². The summed E-state index contributed by atoms with van der Waals surface area (Å²) in [6.45, 7) is 5.31. The minimum Gasteiger partial charge on any atom is -0.328 e. The molecule has 0 aliphatic rings. The Labute approximate surface area is 93.7 Å². The first-order valence-electron chi connectivity index (χ1n) is 5.52. The van der Waals surface area contributed by atoms with E-state index in [4.69, 9.17) is 5.73 Å². The predicted molar refractivity (Wildman–Crippen MR) is 64.7 cm³/mol. The summed E-state index contributed by atoms with van der Waals surface area (Å²) in [7, 11) is -0.904. The lowest BCUT2D eigenvalue weighted by molar-refractivity contribution is 0.338. The zero-order chi connectivity index (χ0) is 11.9. The second-order valence-electron chi connectivity index (χ2n) is 4.22. The van der Waals surface area contributed by atoms with Gasteiger partial charge in [0.15, 0.2) is 9.84 Å². The Hall–Kier alpha value is -0.130. The molecule has 2 N–H and O–H groups in total. The number of hydrogen-bond acceptors (Lipinski definition) is 4. The van der Waals surface area contributed by atoms with Gasteiger partial charge in [0.2, 0.25) is 0 Å². The average molecular weight is 236 g/mol.